The molecule has 0 bridgehead atoms. The summed E-state index contributed by atoms with van der Waals surface area (Å²) in [6.07, 6.45) is 2.09. The molecule has 1 heterocycles. The van der Waals surface area contributed by atoms with Gasteiger partial charge in [-0.25, -0.2) is 0 Å². The lowest BCUT2D eigenvalue weighted by Gasteiger charge is -2.43. The summed E-state index contributed by atoms with van der Waals surface area (Å²) in [7, 11) is 0. The van der Waals surface area contributed by atoms with Crippen LogP contribution in [0.4, 0.5) is 13.2 Å². The Morgan fingerprint density at radius 2 is 2.05 bits per heavy atom. The summed E-state index contributed by atoms with van der Waals surface area (Å²) in [5.74, 6) is 0.647. The summed E-state index contributed by atoms with van der Waals surface area (Å²) in [5, 5.41) is 3.50. The summed E-state index contributed by atoms with van der Waals surface area (Å²) < 4.78 is 36.6. The Kier molecular flexibility index (Phi) is 6.97. The molecule has 0 aliphatic carbocycles. The van der Waals surface area contributed by atoms with Crippen LogP contribution in [-0.2, 0) is 0 Å². The maximum Gasteiger partial charge on any atom is 0.441 e. The van der Waals surface area contributed by atoms with E-state index in [1.807, 2.05) is 0 Å². The molecule has 1 aliphatic heterocycles. The van der Waals surface area contributed by atoms with Gasteiger partial charge in [-0.1, -0.05) is 27.2 Å². The SMILES string of the molecule is CCC1CN(CCSC(F)(F)F)C(C(C)CC)CN1. The van der Waals surface area contributed by atoms with Crippen molar-refractivity contribution in [1.82, 2.24) is 10.2 Å². The molecule has 1 N–H and O–H groups in total. The monoisotopic (exact) mass is 298 g/mol. The van der Waals surface area contributed by atoms with E-state index in [-0.39, 0.29) is 17.5 Å². The van der Waals surface area contributed by atoms with Crippen LogP contribution in [0, 0.1) is 5.92 Å². The van der Waals surface area contributed by atoms with Crippen molar-refractivity contribution >= 4 is 11.8 Å². The van der Waals surface area contributed by atoms with E-state index < -0.39 is 5.51 Å². The van der Waals surface area contributed by atoms with Gasteiger partial charge in [-0.05, 0) is 24.1 Å². The topological polar surface area (TPSA) is 15.3 Å². The minimum absolute atomic E-state index is 0.0953. The molecule has 0 saturated carbocycles. The highest BCUT2D eigenvalue weighted by atomic mass is 32.2. The number of nitrogens with zero attached hydrogens (tertiary/aromatic N) is 1. The molecule has 2 nitrogen and oxygen atoms in total. The fraction of sp³-hybridized carbons (Fsp3) is 1.00. The summed E-state index contributed by atoms with van der Waals surface area (Å²) in [6.45, 7) is 8.72. The molecule has 6 heteroatoms. The van der Waals surface area contributed by atoms with Gasteiger partial charge in [-0.15, -0.1) is 0 Å². The predicted molar refractivity (Wildman–Crippen MR) is 75.4 cm³/mol. The Hall–Kier alpha value is 0.0600. The van der Waals surface area contributed by atoms with Gasteiger partial charge in [-0.3, -0.25) is 4.90 Å². The van der Waals surface area contributed by atoms with Gasteiger partial charge in [0.25, 0.3) is 0 Å². The average Bonchev–Trinajstić information content (AvgIpc) is 2.36. The fourth-order valence-corrected chi connectivity index (χ4v) is 3.10. The van der Waals surface area contributed by atoms with E-state index in [0.717, 1.165) is 25.9 Å². The number of hydrogen-bond donors (Lipinski definition) is 1. The summed E-state index contributed by atoms with van der Waals surface area (Å²) in [5.41, 5.74) is -4.11. The van der Waals surface area contributed by atoms with E-state index >= 15 is 0 Å². The molecule has 0 radical (unpaired) electrons. The number of alkyl halides is 3. The van der Waals surface area contributed by atoms with Crippen molar-refractivity contribution in [2.24, 2.45) is 5.92 Å². The van der Waals surface area contributed by atoms with Crippen LogP contribution in [-0.4, -0.2) is 47.9 Å². The van der Waals surface area contributed by atoms with E-state index in [9.17, 15) is 13.2 Å². The third-order valence-corrected chi connectivity index (χ3v) is 4.69. The third kappa shape index (κ3) is 5.92. The molecule has 1 rings (SSSR count). The van der Waals surface area contributed by atoms with Crippen LogP contribution in [0.15, 0.2) is 0 Å². The molecule has 0 aromatic carbocycles. The van der Waals surface area contributed by atoms with Crippen molar-refractivity contribution in [1.29, 1.82) is 0 Å². The van der Waals surface area contributed by atoms with Crippen molar-refractivity contribution in [3.8, 4) is 0 Å². The second-order valence-corrected chi connectivity index (χ2v) is 6.42. The van der Waals surface area contributed by atoms with Gasteiger partial charge in [0, 0.05) is 37.5 Å². The highest BCUT2D eigenvalue weighted by Gasteiger charge is 2.32. The second-order valence-electron chi connectivity index (χ2n) is 5.26. The van der Waals surface area contributed by atoms with E-state index in [1.165, 1.54) is 0 Å². The van der Waals surface area contributed by atoms with E-state index in [4.69, 9.17) is 0 Å². The van der Waals surface area contributed by atoms with Crippen LogP contribution in [0.1, 0.15) is 33.6 Å². The fourth-order valence-electron chi connectivity index (χ4n) is 2.54. The van der Waals surface area contributed by atoms with Gasteiger partial charge >= 0.3 is 5.51 Å². The average molecular weight is 298 g/mol. The zero-order valence-electron chi connectivity index (χ0n) is 12.0. The van der Waals surface area contributed by atoms with E-state index in [2.05, 4.69) is 31.0 Å². The van der Waals surface area contributed by atoms with Gasteiger partial charge in [-0.2, -0.15) is 13.2 Å². The van der Waals surface area contributed by atoms with Crippen molar-refractivity contribution in [3.63, 3.8) is 0 Å². The van der Waals surface area contributed by atoms with Crippen LogP contribution in [0.2, 0.25) is 0 Å². The van der Waals surface area contributed by atoms with Crippen molar-refractivity contribution in [3.05, 3.63) is 0 Å². The van der Waals surface area contributed by atoms with Crippen LogP contribution in [0.3, 0.4) is 0 Å². The minimum Gasteiger partial charge on any atom is -0.311 e. The van der Waals surface area contributed by atoms with E-state index in [0.29, 0.717) is 24.5 Å². The standard InChI is InChI=1S/C13H25F3N2S/c1-4-10(3)12-8-17-11(5-2)9-18(12)6-7-19-13(14,15)16/h10-12,17H,4-9H2,1-3H3. The first-order valence-electron chi connectivity index (χ1n) is 7.05. The molecule has 0 aromatic rings. The summed E-state index contributed by atoms with van der Waals surface area (Å²) in [4.78, 5) is 2.25. The zero-order valence-corrected chi connectivity index (χ0v) is 12.8. The largest absolute Gasteiger partial charge is 0.441 e. The first-order valence-corrected chi connectivity index (χ1v) is 8.04. The molecule has 114 valence electrons. The molecular formula is C13H25F3N2S. The van der Waals surface area contributed by atoms with Crippen molar-refractivity contribution < 1.29 is 13.2 Å². The van der Waals surface area contributed by atoms with E-state index in [1.54, 1.807) is 0 Å². The predicted octanol–water partition coefficient (Wildman–Crippen LogP) is 3.34. The third-order valence-electron chi connectivity index (χ3n) is 3.98. The molecule has 1 fully saturated rings. The molecule has 1 aliphatic rings. The number of thioether (sulfide) groups is 1. The molecule has 3 atom stereocenters. The minimum atomic E-state index is -4.11. The summed E-state index contributed by atoms with van der Waals surface area (Å²) >= 11 is 0.0953. The Morgan fingerprint density at radius 1 is 1.37 bits per heavy atom. The normalized spacial score (nSPS) is 27.5. The molecule has 1 saturated heterocycles. The molecule has 3 unspecified atom stereocenters. The Morgan fingerprint density at radius 3 is 2.58 bits per heavy atom. The number of nitrogens with one attached hydrogen (secondary N) is 1. The molecule has 19 heavy (non-hydrogen) atoms. The van der Waals surface area contributed by atoms with Gasteiger partial charge in [0.1, 0.15) is 0 Å². The maximum absolute atomic E-state index is 12.2. The van der Waals surface area contributed by atoms with Crippen LogP contribution in [0.5, 0.6) is 0 Å². The first kappa shape index (κ1) is 17.1. The summed E-state index contributed by atoms with van der Waals surface area (Å²) in [6, 6.07) is 0.776. The lowest BCUT2D eigenvalue weighted by Crippen LogP contribution is -2.58. The van der Waals surface area contributed by atoms with Crippen molar-refractivity contribution in [2.75, 3.05) is 25.4 Å². The van der Waals surface area contributed by atoms with Crippen LogP contribution < -0.4 is 5.32 Å². The van der Waals surface area contributed by atoms with Gasteiger partial charge < -0.3 is 5.32 Å². The maximum atomic E-state index is 12.2. The van der Waals surface area contributed by atoms with Gasteiger partial charge in [0.05, 0.1) is 0 Å². The molecule has 0 aromatic heterocycles. The molecule has 0 amide bonds. The Bertz CT molecular complexity index is 261. The Labute approximate surface area is 118 Å². The zero-order chi connectivity index (χ0) is 14.5. The van der Waals surface area contributed by atoms with Gasteiger partial charge in [0.2, 0.25) is 0 Å². The highest BCUT2D eigenvalue weighted by molar-refractivity contribution is 8.00. The molecule has 0 spiro atoms. The Balaban J connectivity index is 2.51. The highest BCUT2D eigenvalue weighted by Crippen LogP contribution is 2.30. The second kappa shape index (κ2) is 7.74. The van der Waals surface area contributed by atoms with Crippen LogP contribution >= 0.6 is 11.8 Å². The number of hydrogen-bond acceptors (Lipinski definition) is 3. The number of piperazine rings is 1. The lowest BCUT2D eigenvalue weighted by atomic mass is 9.94. The molecular weight excluding hydrogens is 273 g/mol. The van der Waals surface area contributed by atoms with Crippen LogP contribution in [0.25, 0.3) is 0 Å². The van der Waals surface area contributed by atoms with Gasteiger partial charge in [0.15, 0.2) is 0 Å². The smallest absolute Gasteiger partial charge is 0.311 e. The van der Waals surface area contributed by atoms with Crippen molar-refractivity contribution in [2.45, 2.75) is 51.2 Å². The number of halogens is 3. The number of rotatable bonds is 6. The first-order chi connectivity index (χ1) is 8.87. The lowest BCUT2D eigenvalue weighted by molar-refractivity contribution is -0.0330. The quantitative estimate of drug-likeness (QED) is 0.809.